The van der Waals surface area contributed by atoms with Gasteiger partial charge in [-0.15, -0.1) is 11.3 Å². The topological polar surface area (TPSA) is 55.4 Å². The first-order valence-electron chi connectivity index (χ1n) is 10.1. The fourth-order valence-electron chi connectivity index (χ4n) is 3.53. The van der Waals surface area contributed by atoms with Gasteiger partial charge in [-0.2, -0.15) is 0 Å². The first kappa shape index (κ1) is 21.5. The van der Waals surface area contributed by atoms with Crippen molar-refractivity contribution >= 4 is 39.8 Å². The van der Waals surface area contributed by atoms with Crippen LogP contribution in [-0.4, -0.2) is 18.5 Å². The van der Waals surface area contributed by atoms with Crippen LogP contribution in [0.3, 0.4) is 0 Å². The number of halogens is 2. The number of nitrogens with one attached hydrogen (secondary N) is 1. The second kappa shape index (κ2) is 9.20. The van der Waals surface area contributed by atoms with Crippen molar-refractivity contribution in [3.8, 4) is 11.1 Å². The average Bonchev–Trinajstić information content (AvgIpc) is 3.47. The summed E-state index contributed by atoms with van der Waals surface area (Å²) in [5.41, 5.74) is 2.69. The van der Waals surface area contributed by atoms with E-state index < -0.39 is 5.97 Å². The second-order valence-corrected chi connectivity index (χ2v) is 8.80. The number of thiophene rings is 1. The summed E-state index contributed by atoms with van der Waals surface area (Å²) in [6.45, 7) is 2.20. The number of hydrogen-bond donors (Lipinski definition) is 1. The molecule has 7 heteroatoms. The maximum Gasteiger partial charge on any atom is 0.341 e. The lowest BCUT2D eigenvalue weighted by Crippen LogP contribution is -2.17. The van der Waals surface area contributed by atoms with E-state index in [2.05, 4.69) is 5.32 Å². The van der Waals surface area contributed by atoms with Crippen LogP contribution in [0.5, 0.6) is 0 Å². The number of carbonyl (C=O) groups is 2. The van der Waals surface area contributed by atoms with Crippen molar-refractivity contribution in [2.45, 2.75) is 25.7 Å². The molecule has 1 saturated carbocycles. The van der Waals surface area contributed by atoms with Gasteiger partial charge in [-0.25, -0.2) is 9.18 Å². The van der Waals surface area contributed by atoms with Crippen LogP contribution >= 0.6 is 22.9 Å². The molecule has 31 heavy (non-hydrogen) atoms. The van der Waals surface area contributed by atoms with Crippen molar-refractivity contribution < 1.29 is 18.7 Å². The second-order valence-electron chi connectivity index (χ2n) is 7.49. The lowest BCUT2D eigenvalue weighted by atomic mass is 10.0. The van der Waals surface area contributed by atoms with Crippen LogP contribution in [0.25, 0.3) is 11.1 Å². The molecule has 2 aromatic carbocycles. The van der Waals surface area contributed by atoms with Crippen LogP contribution in [-0.2, 0) is 9.53 Å². The minimum absolute atomic E-state index is 0.128. The number of esters is 1. The Morgan fingerprint density at radius 3 is 2.55 bits per heavy atom. The highest BCUT2D eigenvalue weighted by Crippen LogP contribution is 2.48. The van der Waals surface area contributed by atoms with Crippen molar-refractivity contribution in [2.75, 3.05) is 11.9 Å². The Balaban J connectivity index is 1.56. The summed E-state index contributed by atoms with van der Waals surface area (Å²) in [4.78, 5) is 25.7. The molecule has 1 aromatic heterocycles. The van der Waals surface area contributed by atoms with Gasteiger partial charge in [-0.1, -0.05) is 42.8 Å². The normalized spacial score (nSPS) is 17.3. The fraction of sp³-hybridized carbons (Fsp3) is 0.250. The van der Waals surface area contributed by atoms with Crippen LogP contribution in [0.15, 0.2) is 53.9 Å². The number of anilines is 1. The van der Waals surface area contributed by atoms with Crippen molar-refractivity contribution in [1.82, 2.24) is 0 Å². The largest absolute Gasteiger partial charge is 0.462 e. The van der Waals surface area contributed by atoms with E-state index >= 15 is 0 Å². The molecule has 0 bridgehead atoms. The predicted molar refractivity (Wildman–Crippen MR) is 121 cm³/mol. The number of ether oxygens (including phenoxy) is 1. The van der Waals surface area contributed by atoms with Crippen LogP contribution in [0, 0.1) is 11.7 Å². The lowest BCUT2D eigenvalue weighted by Gasteiger charge is -2.09. The molecule has 1 fully saturated rings. The molecule has 0 radical (unpaired) electrons. The molecule has 1 heterocycles. The molecule has 1 amide bonds. The molecular formula is C24H21ClFNO3S. The highest BCUT2D eigenvalue weighted by atomic mass is 35.5. The van der Waals surface area contributed by atoms with Gasteiger partial charge in [-0.3, -0.25) is 4.79 Å². The number of benzene rings is 2. The van der Waals surface area contributed by atoms with Crippen LogP contribution in [0.4, 0.5) is 9.39 Å². The third-order valence-corrected chi connectivity index (χ3v) is 6.40. The Labute approximate surface area is 189 Å². The van der Waals surface area contributed by atoms with E-state index in [4.69, 9.17) is 16.3 Å². The number of amides is 1. The van der Waals surface area contributed by atoms with E-state index in [9.17, 15) is 14.0 Å². The Bertz CT molecular complexity index is 1100. The quantitative estimate of drug-likeness (QED) is 0.411. The van der Waals surface area contributed by atoms with Gasteiger partial charge >= 0.3 is 5.97 Å². The van der Waals surface area contributed by atoms with Gasteiger partial charge in [0.1, 0.15) is 16.4 Å². The monoisotopic (exact) mass is 457 g/mol. The maximum absolute atomic E-state index is 13.3. The van der Waals surface area contributed by atoms with Gasteiger partial charge in [0.25, 0.3) is 0 Å². The summed E-state index contributed by atoms with van der Waals surface area (Å²) in [7, 11) is 0. The molecule has 4 nitrogen and oxygen atoms in total. The highest BCUT2D eigenvalue weighted by molar-refractivity contribution is 7.15. The molecule has 160 valence electrons. The van der Waals surface area contributed by atoms with Crippen LogP contribution in [0.2, 0.25) is 5.02 Å². The molecule has 3 aromatic rings. The van der Waals surface area contributed by atoms with Gasteiger partial charge in [0.15, 0.2) is 0 Å². The average molecular weight is 458 g/mol. The lowest BCUT2D eigenvalue weighted by molar-refractivity contribution is -0.117. The van der Waals surface area contributed by atoms with E-state index in [1.54, 1.807) is 17.5 Å². The van der Waals surface area contributed by atoms with E-state index in [-0.39, 0.29) is 30.2 Å². The van der Waals surface area contributed by atoms with Gasteiger partial charge in [0.05, 0.1) is 6.61 Å². The first-order chi connectivity index (χ1) is 15.0. The van der Waals surface area contributed by atoms with Gasteiger partial charge in [0, 0.05) is 21.9 Å². The van der Waals surface area contributed by atoms with Crippen molar-refractivity contribution in [3.63, 3.8) is 0 Å². The van der Waals surface area contributed by atoms with Gasteiger partial charge < -0.3 is 10.1 Å². The third-order valence-electron chi connectivity index (χ3n) is 5.25. The molecule has 1 aliphatic rings. The minimum atomic E-state index is -0.497. The van der Waals surface area contributed by atoms with E-state index in [1.807, 2.05) is 31.2 Å². The van der Waals surface area contributed by atoms with Gasteiger partial charge in [-0.05, 0) is 54.2 Å². The molecular weight excluding hydrogens is 437 g/mol. The Morgan fingerprint density at radius 2 is 1.87 bits per heavy atom. The molecule has 1 N–H and O–H groups in total. The molecule has 0 saturated heterocycles. The summed E-state index contributed by atoms with van der Waals surface area (Å²) >= 11 is 7.21. The molecule has 2 atom stereocenters. The Kier molecular flexibility index (Phi) is 6.39. The van der Waals surface area contributed by atoms with Crippen LogP contribution < -0.4 is 5.32 Å². The third kappa shape index (κ3) is 4.81. The van der Waals surface area contributed by atoms with E-state index in [0.29, 0.717) is 33.1 Å². The van der Waals surface area contributed by atoms with Crippen LogP contribution in [0.1, 0.15) is 41.6 Å². The standard InChI is InChI=1S/C24H21ClFNO3S/c1-2-11-30-24(29)21-20(15-5-9-17(26)10-6-15)13-31-23(21)27-22(28)19-12-18(19)14-3-7-16(25)8-4-14/h3-10,13,18-19H,2,11-12H2,1H3,(H,27,28)/t18-,19-/m1/s1. The number of hydrogen-bond acceptors (Lipinski definition) is 4. The van der Waals surface area contributed by atoms with Gasteiger partial charge in [0.2, 0.25) is 5.91 Å². The predicted octanol–water partition coefficient (Wildman–Crippen LogP) is 6.52. The Hall–Kier alpha value is -2.70. The molecule has 4 rings (SSSR count). The zero-order chi connectivity index (χ0) is 22.0. The van der Waals surface area contributed by atoms with E-state index in [0.717, 1.165) is 12.0 Å². The first-order valence-corrected chi connectivity index (χ1v) is 11.3. The van der Waals surface area contributed by atoms with Crippen molar-refractivity contribution in [2.24, 2.45) is 5.92 Å². The number of carbonyl (C=O) groups excluding carboxylic acids is 2. The Morgan fingerprint density at radius 1 is 1.16 bits per heavy atom. The smallest absolute Gasteiger partial charge is 0.341 e. The highest BCUT2D eigenvalue weighted by Gasteiger charge is 2.44. The maximum atomic E-state index is 13.3. The minimum Gasteiger partial charge on any atom is -0.462 e. The SMILES string of the molecule is CCCOC(=O)c1c(-c2ccc(F)cc2)csc1NC(=O)[C@@H]1C[C@@H]1c1ccc(Cl)cc1. The zero-order valence-electron chi connectivity index (χ0n) is 16.9. The van der Waals surface area contributed by atoms with E-state index in [1.165, 1.54) is 23.5 Å². The van der Waals surface area contributed by atoms with Crippen molar-refractivity contribution in [1.29, 1.82) is 0 Å². The summed E-state index contributed by atoms with van der Waals surface area (Å²) in [6.07, 6.45) is 1.44. The zero-order valence-corrected chi connectivity index (χ0v) is 18.4. The molecule has 0 spiro atoms. The molecule has 1 aliphatic carbocycles. The van der Waals surface area contributed by atoms with Crippen molar-refractivity contribution in [3.05, 3.63) is 75.9 Å². The summed E-state index contributed by atoms with van der Waals surface area (Å²) in [6, 6.07) is 13.4. The summed E-state index contributed by atoms with van der Waals surface area (Å²) < 4.78 is 18.7. The fourth-order valence-corrected chi connectivity index (χ4v) is 4.62. The summed E-state index contributed by atoms with van der Waals surface area (Å²) in [5, 5.41) is 5.82. The number of rotatable bonds is 7. The summed E-state index contributed by atoms with van der Waals surface area (Å²) in [5.74, 6) is -0.995. The molecule has 0 unspecified atom stereocenters. The molecule has 0 aliphatic heterocycles.